The Labute approximate surface area is 160 Å². The number of hydrogen-bond acceptors (Lipinski definition) is 4. The zero-order chi connectivity index (χ0) is 18.7. The average molecular weight is 418 g/mol. The predicted octanol–water partition coefficient (Wildman–Crippen LogP) is 3.80. The van der Waals surface area contributed by atoms with Gasteiger partial charge in [0.25, 0.3) is 11.8 Å². The van der Waals surface area contributed by atoms with Gasteiger partial charge in [0.05, 0.1) is 12.7 Å². The van der Waals surface area contributed by atoms with E-state index in [0.717, 1.165) is 16.6 Å². The van der Waals surface area contributed by atoms with E-state index in [4.69, 9.17) is 4.74 Å². The summed E-state index contributed by atoms with van der Waals surface area (Å²) in [7, 11) is 1.57. The summed E-state index contributed by atoms with van der Waals surface area (Å²) in [6.07, 6.45) is 1.28. The molecule has 0 fully saturated rings. The second-order valence-corrected chi connectivity index (χ2v) is 6.90. The van der Waals surface area contributed by atoms with Crippen molar-refractivity contribution in [1.29, 1.82) is 0 Å². The zero-order valence-corrected chi connectivity index (χ0v) is 16.2. The number of nitrogens with one attached hydrogen (secondary N) is 2. The molecule has 0 spiro atoms. The SMILES string of the molecule is CCCC1Nc2ccc(Br)cc2C(=O)N1NC(=O)c1ccc(OC)cc1. The van der Waals surface area contributed by atoms with Gasteiger partial charge in [-0.15, -0.1) is 0 Å². The molecule has 26 heavy (non-hydrogen) atoms. The molecule has 0 saturated carbocycles. The van der Waals surface area contributed by atoms with Gasteiger partial charge in [0.1, 0.15) is 11.9 Å². The molecule has 2 aromatic rings. The number of nitrogens with zero attached hydrogens (tertiary/aromatic N) is 1. The normalized spacial score (nSPS) is 15.9. The molecular formula is C19H20BrN3O3. The van der Waals surface area contributed by atoms with E-state index in [9.17, 15) is 9.59 Å². The first-order valence-corrected chi connectivity index (χ1v) is 9.17. The standard InChI is InChI=1S/C19H20BrN3O3/c1-3-4-17-21-16-10-7-13(20)11-15(16)19(25)23(17)22-18(24)12-5-8-14(26-2)9-6-12/h5-11,17,21H,3-4H2,1-2H3,(H,22,24). The third kappa shape index (κ3) is 3.67. The van der Waals surface area contributed by atoms with E-state index in [0.29, 0.717) is 23.3 Å². The van der Waals surface area contributed by atoms with Crippen molar-refractivity contribution in [2.24, 2.45) is 0 Å². The van der Waals surface area contributed by atoms with Crippen molar-refractivity contribution in [2.45, 2.75) is 25.9 Å². The highest BCUT2D eigenvalue weighted by molar-refractivity contribution is 9.10. The Bertz CT molecular complexity index is 823. The van der Waals surface area contributed by atoms with Crippen molar-refractivity contribution < 1.29 is 14.3 Å². The topological polar surface area (TPSA) is 70.7 Å². The summed E-state index contributed by atoms with van der Waals surface area (Å²) in [6, 6.07) is 12.2. The number of halogens is 1. The summed E-state index contributed by atoms with van der Waals surface area (Å²) in [5.41, 5.74) is 4.48. The second kappa shape index (κ2) is 7.78. The fourth-order valence-corrected chi connectivity index (χ4v) is 3.22. The molecule has 0 aliphatic carbocycles. The summed E-state index contributed by atoms with van der Waals surface area (Å²) in [5.74, 6) is 0.0858. The van der Waals surface area contributed by atoms with Crippen LogP contribution in [0.3, 0.4) is 0 Å². The lowest BCUT2D eigenvalue weighted by atomic mass is 10.1. The van der Waals surface area contributed by atoms with E-state index < -0.39 is 0 Å². The van der Waals surface area contributed by atoms with Crippen LogP contribution in [0.4, 0.5) is 5.69 Å². The molecule has 0 saturated heterocycles. The van der Waals surface area contributed by atoms with Gasteiger partial charge in [-0.05, 0) is 48.9 Å². The lowest BCUT2D eigenvalue weighted by molar-refractivity contribution is 0.0482. The van der Waals surface area contributed by atoms with Crippen LogP contribution in [0.25, 0.3) is 0 Å². The van der Waals surface area contributed by atoms with Crippen LogP contribution in [0.2, 0.25) is 0 Å². The molecule has 1 atom stereocenters. The Hall–Kier alpha value is -2.54. The highest BCUT2D eigenvalue weighted by Crippen LogP contribution is 2.28. The van der Waals surface area contributed by atoms with Gasteiger partial charge in [-0.25, -0.2) is 5.01 Å². The van der Waals surface area contributed by atoms with Crippen LogP contribution in [0, 0.1) is 0 Å². The first-order valence-electron chi connectivity index (χ1n) is 8.38. The summed E-state index contributed by atoms with van der Waals surface area (Å²) in [6.45, 7) is 2.03. The third-order valence-corrected chi connectivity index (χ3v) is 4.69. The van der Waals surface area contributed by atoms with Crippen LogP contribution < -0.4 is 15.5 Å². The van der Waals surface area contributed by atoms with Gasteiger partial charge in [0.2, 0.25) is 0 Å². The number of fused-ring (bicyclic) bond motifs is 1. The van der Waals surface area contributed by atoms with E-state index in [-0.39, 0.29) is 18.0 Å². The molecule has 7 heteroatoms. The molecule has 6 nitrogen and oxygen atoms in total. The molecule has 2 amide bonds. The minimum absolute atomic E-state index is 0.236. The van der Waals surface area contributed by atoms with E-state index in [1.54, 1.807) is 37.4 Å². The fourth-order valence-electron chi connectivity index (χ4n) is 2.85. The number of methoxy groups -OCH3 is 1. The van der Waals surface area contributed by atoms with Crippen molar-refractivity contribution in [3.05, 3.63) is 58.1 Å². The monoisotopic (exact) mass is 417 g/mol. The third-order valence-electron chi connectivity index (χ3n) is 4.20. The smallest absolute Gasteiger partial charge is 0.276 e. The van der Waals surface area contributed by atoms with E-state index in [1.165, 1.54) is 5.01 Å². The average Bonchev–Trinajstić information content (AvgIpc) is 2.65. The first kappa shape index (κ1) is 18.3. The molecule has 1 heterocycles. The molecule has 2 aromatic carbocycles. The van der Waals surface area contributed by atoms with Crippen LogP contribution in [0.1, 0.15) is 40.5 Å². The molecular weight excluding hydrogens is 398 g/mol. The largest absolute Gasteiger partial charge is 0.497 e. The van der Waals surface area contributed by atoms with Crippen LogP contribution in [-0.2, 0) is 0 Å². The zero-order valence-electron chi connectivity index (χ0n) is 14.6. The maximum atomic E-state index is 13.0. The van der Waals surface area contributed by atoms with Crippen LogP contribution >= 0.6 is 15.9 Å². The van der Waals surface area contributed by atoms with E-state index >= 15 is 0 Å². The van der Waals surface area contributed by atoms with Gasteiger partial charge >= 0.3 is 0 Å². The molecule has 1 aliphatic heterocycles. The first-order chi connectivity index (χ1) is 12.5. The van der Waals surface area contributed by atoms with Gasteiger partial charge in [0.15, 0.2) is 0 Å². The number of amides is 2. The van der Waals surface area contributed by atoms with Gasteiger partial charge in [0, 0.05) is 15.7 Å². The summed E-state index contributed by atoms with van der Waals surface area (Å²) >= 11 is 3.39. The Morgan fingerprint density at radius 1 is 1.27 bits per heavy atom. The van der Waals surface area contributed by atoms with Gasteiger partial charge < -0.3 is 10.1 Å². The van der Waals surface area contributed by atoms with Gasteiger partial charge in [-0.1, -0.05) is 29.3 Å². The summed E-state index contributed by atoms with van der Waals surface area (Å²) in [5, 5.41) is 4.71. The number of ether oxygens (including phenoxy) is 1. The summed E-state index contributed by atoms with van der Waals surface area (Å²) in [4.78, 5) is 25.6. The highest BCUT2D eigenvalue weighted by Gasteiger charge is 2.33. The van der Waals surface area contributed by atoms with Gasteiger partial charge in [-0.3, -0.25) is 15.0 Å². The molecule has 2 N–H and O–H groups in total. The Kier molecular flexibility index (Phi) is 5.46. The maximum absolute atomic E-state index is 13.0. The van der Waals surface area contributed by atoms with Crippen molar-refractivity contribution >= 4 is 33.4 Å². The summed E-state index contributed by atoms with van der Waals surface area (Å²) < 4.78 is 5.91. The number of hydrogen-bond donors (Lipinski definition) is 2. The fraction of sp³-hybridized carbons (Fsp3) is 0.263. The van der Waals surface area contributed by atoms with Crippen LogP contribution in [0.5, 0.6) is 5.75 Å². The number of carbonyl (C=O) groups excluding carboxylic acids is 2. The number of hydrazine groups is 1. The number of anilines is 1. The molecule has 0 bridgehead atoms. The number of carbonyl (C=O) groups is 2. The number of rotatable bonds is 5. The Balaban J connectivity index is 1.85. The van der Waals surface area contributed by atoms with Crippen LogP contribution in [0.15, 0.2) is 46.9 Å². The molecule has 1 aliphatic rings. The van der Waals surface area contributed by atoms with E-state index in [2.05, 4.69) is 26.7 Å². The molecule has 3 rings (SSSR count). The van der Waals surface area contributed by atoms with Crippen molar-refractivity contribution in [1.82, 2.24) is 10.4 Å². The predicted molar refractivity (Wildman–Crippen MR) is 103 cm³/mol. The lowest BCUT2D eigenvalue weighted by Crippen LogP contribution is -2.57. The minimum atomic E-state index is -0.345. The molecule has 0 aromatic heterocycles. The minimum Gasteiger partial charge on any atom is -0.497 e. The second-order valence-electron chi connectivity index (χ2n) is 5.98. The van der Waals surface area contributed by atoms with E-state index in [1.807, 2.05) is 19.1 Å². The van der Waals surface area contributed by atoms with Crippen molar-refractivity contribution in [3.63, 3.8) is 0 Å². The van der Waals surface area contributed by atoms with Gasteiger partial charge in [-0.2, -0.15) is 0 Å². The Morgan fingerprint density at radius 3 is 2.65 bits per heavy atom. The molecule has 136 valence electrons. The molecule has 1 unspecified atom stereocenters. The molecule has 0 radical (unpaired) electrons. The van der Waals surface area contributed by atoms with Crippen LogP contribution in [-0.4, -0.2) is 30.1 Å². The highest BCUT2D eigenvalue weighted by atomic mass is 79.9. The maximum Gasteiger partial charge on any atom is 0.276 e. The lowest BCUT2D eigenvalue weighted by Gasteiger charge is -2.37. The van der Waals surface area contributed by atoms with Crippen molar-refractivity contribution in [2.75, 3.05) is 12.4 Å². The Morgan fingerprint density at radius 2 is 2.00 bits per heavy atom. The quantitative estimate of drug-likeness (QED) is 0.775. The van der Waals surface area contributed by atoms with Crippen molar-refractivity contribution in [3.8, 4) is 5.75 Å². The number of benzene rings is 2.